The van der Waals surface area contributed by atoms with Crippen LogP contribution in [0.2, 0.25) is 4.34 Å². The van der Waals surface area contributed by atoms with Crippen molar-refractivity contribution in [3.05, 3.63) is 61.7 Å². The van der Waals surface area contributed by atoms with Gasteiger partial charge in [-0.2, -0.15) is 10.1 Å². The van der Waals surface area contributed by atoms with Gasteiger partial charge in [0.2, 0.25) is 10.9 Å². The number of hydrazone groups is 1. The van der Waals surface area contributed by atoms with Crippen LogP contribution >= 0.6 is 50.2 Å². The molecule has 2 heterocycles. The Bertz CT molecular complexity index is 1330. The van der Waals surface area contributed by atoms with Crippen molar-refractivity contribution < 1.29 is 19.0 Å². The lowest BCUT2D eigenvalue weighted by Crippen LogP contribution is -2.24. The van der Waals surface area contributed by atoms with E-state index < -0.39 is 0 Å². The molecule has 0 bridgehead atoms. The van der Waals surface area contributed by atoms with Crippen LogP contribution in [0.4, 0.5) is 5.13 Å². The Hall–Kier alpha value is -2.66. The average molecular weight is 567 g/mol. The summed E-state index contributed by atoms with van der Waals surface area (Å²) in [4.78, 5) is 18.4. The molecule has 7 nitrogen and oxygen atoms in total. The van der Waals surface area contributed by atoms with Crippen LogP contribution in [0, 0.1) is 0 Å². The molecule has 0 spiro atoms. The van der Waals surface area contributed by atoms with Crippen LogP contribution in [0.1, 0.15) is 15.2 Å². The lowest BCUT2D eigenvalue weighted by atomic mass is 10.2. The number of carbonyl (C=O) groups excluding carboxylic acids is 1. The van der Waals surface area contributed by atoms with Crippen molar-refractivity contribution in [3.8, 4) is 17.2 Å². The molecule has 2 aromatic heterocycles. The van der Waals surface area contributed by atoms with Gasteiger partial charge in [-0.25, -0.2) is 4.98 Å². The van der Waals surface area contributed by atoms with E-state index in [0.29, 0.717) is 37.2 Å². The average Bonchev–Trinajstić information content (AvgIpc) is 3.43. The van der Waals surface area contributed by atoms with Crippen molar-refractivity contribution in [1.29, 1.82) is 0 Å². The molecule has 0 saturated heterocycles. The second-order valence-electron chi connectivity index (χ2n) is 6.53. The van der Waals surface area contributed by atoms with Crippen LogP contribution in [-0.2, 0) is 0 Å². The quantitative estimate of drug-likeness (QED) is 0.189. The summed E-state index contributed by atoms with van der Waals surface area (Å²) in [6.45, 7) is 0. The number of benzene rings is 2. The molecule has 0 aliphatic rings. The van der Waals surface area contributed by atoms with Gasteiger partial charge in [0.05, 0.1) is 47.0 Å². The number of methoxy groups -OCH3 is 3. The number of hydrogen-bond donors (Lipinski definition) is 0. The van der Waals surface area contributed by atoms with Gasteiger partial charge in [0, 0.05) is 10.0 Å². The largest absolute Gasteiger partial charge is 0.493 e. The summed E-state index contributed by atoms with van der Waals surface area (Å²) < 4.78 is 18.5. The zero-order chi connectivity index (χ0) is 23.5. The Balaban J connectivity index is 1.78. The second kappa shape index (κ2) is 10.1. The number of aromatic nitrogens is 1. The number of rotatable bonds is 7. The van der Waals surface area contributed by atoms with E-state index in [1.165, 1.54) is 49.0 Å². The Kier molecular flexibility index (Phi) is 7.18. The molecule has 0 fully saturated rings. The highest BCUT2D eigenvalue weighted by Crippen LogP contribution is 2.38. The third-order valence-corrected chi connectivity index (χ3v) is 7.21. The molecule has 0 atom stereocenters. The van der Waals surface area contributed by atoms with Gasteiger partial charge >= 0.3 is 0 Å². The van der Waals surface area contributed by atoms with Gasteiger partial charge in [-0.1, -0.05) is 38.9 Å². The van der Waals surface area contributed by atoms with Crippen LogP contribution in [0.5, 0.6) is 17.2 Å². The number of carbonyl (C=O) groups is 1. The molecule has 0 radical (unpaired) electrons. The normalized spacial score (nSPS) is 11.2. The molecule has 170 valence electrons. The zero-order valence-corrected chi connectivity index (χ0v) is 21.6. The van der Waals surface area contributed by atoms with E-state index in [9.17, 15) is 4.79 Å². The molecule has 0 unspecified atom stereocenters. The molecule has 2 aromatic carbocycles. The maximum Gasteiger partial charge on any atom is 0.290 e. The standard InChI is InChI=1S/C22H17BrClN3O4S2/c1-29-15-8-12(9-16(30-2)20(15)31-3)11-25-27(21(28)17-6-7-19(24)32-17)22-26-14-5-4-13(23)10-18(14)33-22/h4-11H,1-3H3/b25-11+. The first kappa shape index (κ1) is 23.5. The third-order valence-electron chi connectivity index (χ3n) is 4.51. The predicted octanol–water partition coefficient (Wildman–Crippen LogP) is 6.48. The molecular weight excluding hydrogens is 550 g/mol. The van der Waals surface area contributed by atoms with Crippen molar-refractivity contribution >= 4 is 77.7 Å². The van der Waals surface area contributed by atoms with Crippen LogP contribution < -0.4 is 19.2 Å². The summed E-state index contributed by atoms with van der Waals surface area (Å²) >= 11 is 12.1. The third kappa shape index (κ3) is 4.98. The van der Waals surface area contributed by atoms with E-state index in [4.69, 9.17) is 25.8 Å². The molecule has 0 aliphatic carbocycles. The predicted molar refractivity (Wildman–Crippen MR) is 137 cm³/mol. The molecule has 11 heteroatoms. The highest BCUT2D eigenvalue weighted by molar-refractivity contribution is 9.10. The van der Waals surface area contributed by atoms with Gasteiger partial charge < -0.3 is 14.2 Å². The van der Waals surface area contributed by atoms with Crippen LogP contribution in [-0.4, -0.2) is 38.4 Å². The maximum atomic E-state index is 13.3. The number of nitrogens with zero attached hydrogens (tertiary/aromatic N) is 3. The number of fused-ring (bicyclic) bond motifs is 1. The molecule has 0 N–H and O–H groups in total. The van der Waals surface area contributed by atoms with Crippen LogP contribution in [0.25, 0.3) is 10.2 Å². The molecule has 4 aromatic rings. The first-order chi connectivity index (χ1) is 15.9. The minimum absolute atomic E-state index is 0.339. The molecule has 4 rings (SSSR count). The fraction of sp³-hybridized carbons (Fsp3) is 0.136. The smallest absolute Gasteiger partial charge is 0.290 e. The van der Waals surface area contributed by atoms with Crippen LogP contribution in [0.15, 0.2) is 52.0 Å². The van der Waals surface area contributed by atoms with Gasteiger partial charge in [0.25, 0.3) is 5.91 Å². The van der Waals surface area contributed by atoms with E-state index >= 15 is 0 Å². The Morgan fingerprint density at radius 2 is 1.79 bits per heavy atom. The zero-order valence-electron chi connectivity index (χ0n) is 17.7. The first-order valence-electron chi connectivity index (χ1n) is 9.43. The van der Waals surface area contributed by atoms with E-state index in [1.54, 1.807) is 30.5 Å². The minimum Gasteiger partial charge on any atom is -0.493 e. The van der Waals surface area contributed by atoms with Crippen molar-refractivity contribution in [1.82, 2.24) is 4.98 Å². The molecular formula is C22H17BrClN3O4S2. The van der Waals surface area contributed by atoms with E-state index in [-0.39, 0.29) is 5.91 Å². The summed E-state index contributed by atoms with van der Waals surface area (Å²) in [6, 6.07) is 12.6. The molecule has 0 aliphatic heterocycles. The van der Waals surface area contributed by atoms with Gasteiger partial charge in [0.15, 0.2) is 11.5 Å². The summed E-state index contributed by atoms with van der Waals surface area (Å²) in [6.07, 6.45) is 1.54. The van der Waals surface area contributed by atoms with Gasteiger partial charge in [-0.05, 0) is 42.5 Å². The lowest BCUT2D eigenvalue weighted by molar-refractivity contribution is 0.0991. The second-order valence-corrected chi connectivity index (χ2v) is 10.2. The number of thiophene rings is 1. The van der Waals surface area contributed by atoms with Crippen molar-refractivity contribution in [2.24, 2.45) is 5.10 Å². The van der Waals surface area contributed by atoms with E-state index in [1.807, 2.05) is 18.2 Å². The highest BCUT2D eigenvalue weighted by Gasteiger charge is 2.23. The fourth-order valence-electron chi connectivity index (χ4n) is 3.00. The fourth-order valence-corrected chi connectivity index (χ4v) is 5.44. The SMILES string of the molecule is COc1cc(/C=N/N(C(=O)c2ccc(Cl)s2)c2nc3ccc(Br)cc3s2)cc(OC)c1OC. The molecule has 0 saturated carbocycles. The van der Waals surface area contributed by atoms with E-state index in [2.05, 4.69) is 26.0 Å². The Labute approximate surface area is 211 Å². The lowest BCUT2D eigenvalue weighted by Gasteiger charge is -2.14. The number of hydrogen-bond acceptors (Lipinski definition) is 8. The summed E-state index contributed by atoms with van der Waals surface area (Å²) in [5, 5.41) is 6.18. The maximum absolute atomic E-state index is 13.3. The van der Waals surface area contributed by atoms with Gasteiger partial charge in [0.1, 0.15) is 0 Å². The summed E-state index contributed by atoms with van der Waals surface area (Å²) in [5.41, 5.74) is 1.42. The van der Waals surface area contributed by atoms with Crippen molar-refractivity contribution in [2.45, 2.75) is 0 Å². The Morgan fingerprint density at radius 1 is 1.06 bits per heavy atom. The monoisotopic (exact) mass is 565 g/mol. The molecule has 33 heavy (non-hydrogen) atoms. The van der Waals surface area contributed by atoms with Crippen LogP contribution in [0.3, 0.4) is 0 Å². The van der Waals surface area contributed by atoms with E-state index in [0.717, 1.165) is 14.7 Å². The summed E-state index contributed by atoms with van der Waals surface area (Å²) in [5.74, 6) is 1.08. The first-order valence-corrected chi connectivity index (χ1v) is 12.2. The number of anilines is 1. The number of halogens is 2. The Morgan fingerprint density at radius 3 is 2.39 bits per heavy atom. The topological polar surface area (TPSA) is 73.2 Å². The van der Waals surface area contributed by atoms with Gasteiger partial charge in [-0.15, -0.1) is 11.3 Å². The molecule has 1 amide bonds. The number of amides is 1. The highest BCUT2D eigenvalue weighted by atomic mass is 79.9. The summed E-state index contributed by atoms with van der Waals surface area (Å²) in [7, 11) is 4.61. The van der Waals surface area contributed by atoms with Gasteiger partial charge in [-0.3, -0.25) is 4.79 Å². The van der Waals surface area contributed by atoms with Crippen molar-refractivity contribution in [2.75, 3.05) is 26.3 Å². The van der Waals surface area contributed by atoms with Crippen molar-refractivity contribution in [3.63, 3.8) is 0 Å². The number of thiazole rings is 1. The number of ether oxygens (including phenoxy) is 3. The minimum atomic E-state index is -0.339.